The summed E-state index contributed by atoms with van der Waals surface area (Å²) in [5.74, 6) is -0.859. The van der Waals surface area contributed by atoms with Gasteiger partial charge in [-0.2, -0.15) is 0 Å². The average molecular weight is 438 g/mol. The SMILES string of the molecule is CCC(=O)N(c1ccccc1F)C1CCN(CCN2C(=O)c3ccccc3C2=O)CC1C. The van der Waals surface area contributed by atoms with E-state index in [1.165, 1.54) is 11.0 Å². The van der Waals surface area contributed by atoms with Crippen LogP contribution in [-0.2, 0) is 4.79 Å². The summed E-state index contributed by atoms with van der Waals surface area (Å²) in [6, 6.07) is 13.2. The van der Waals surface area contributed by atoms with E-state index in [1.54, 1.807) is 54.3 Å². The Morgan fingerprint density at radius 3 is 2.25 bits per heavy atom. The fourth-order valence-corrected chi connectivity index (χ4v) is 4.81. The van der Waals surface area contributed by atoms with E-state index in [1.807, 2.05) is 0 Å². The highest BCUT2D eigenvalue weighted by Gasteiger charge is 2.37. The highest BCUT2D eigenvalue weighted by molar-refractivity contribution is 6.21. The van der Waals surface area contributed by atoms with Crippen LogP contribution in [0.25, 0.3) is 0 Å². The molecule has 2 heterocycles. The smallest absolute Gasteiger partial charge is 0.261 e. The molecule has 4 rings (SSSR count). The number of halogens is 1. The van der Waals surface area contributed by atoms with Gasteiger partial charge in [0.2, 0.25) is 5.91 Å². The van der Waals surface area contributed by atoms with Gasteiger partial charge in [0.15, 0.2) is 0 Å². The van der Waals surface area contributed by atoms with Crippen LogP contribution in [0.1, 0.15) is 47.4 Å². The van der Waals surface area contributed by atoms with Crippen LogP contribution in [0, 0.1) is 11.7 Å². The lowest BCUT2D eigenvalue weighted by molar-refractivity contribution is -0.119. The van der Waals surface area contributed by atoms with Crippen molar-refractivity contribution in [2.75, 3.05) is 31.1 Å². The van der Waals surface area contributed by atoms with E-state index in [0.717, 1.165) is 0 Å². The fraction of sp³-hybridized carbons (Fsp3) is 0.400. The standard InChI is InChI=1S/C25H28FN3O3/c1-3-23(30)29(22-11-7-6-10-20(22)26)21-12-13-27(16-17(21)2)14-15-28-24(31)18-8-4-5-9-19(18)25(28)32/h4-11,17,21H,3,12-16H2,1-2H3. The third-order valence-electron chi connectivity index (χ3n) is 6.48. The summed E-state index contributed by atoms with van der Waals surface area (Å²) >= 11 is 0. The molecule has 0 bridgehead atoms. The molecule has 0 aliphatic carbocycles. The van der Waals surface area contributed by atoms with E-state index in [0.29, 0.717) is 55.8 Å². The van der Waals surface area contributed by atoms with Crippen molar-refractivity contribution < 1.29 is 18.8 Å². The van der Waals surface area contributed by atoms with Gasteiger partial charge in [0.05, 0.1) is 16.8 Å². The van der Waals surface area contributed by atoms with Gasteiger partial charge in [-0.05, 0) is 36.6 Å². The third-order valence-corrected chi connectivity index (χ3v) is 6.48. The van der Waals surface area contributed by atoms with Crippen molar-refractivity contribution >= 4 is 23.4 Å². The number of piperidine rings is 1. The number of anilines is 1. The van der Waals surface area contributed by atoms with E-state index in [-0.39, 0.29) is 29.7 Å². The van der Waals surface area contributed by atoms with Crippen LogP contribution in [0.4, 0.5) is 10.1 Å². The Labute approximate surface area is 187 Å². The molecule has 3 amide bonds. The van der Waals surface area contributed by atoms with Gasteiger partial charge >= 0.3 is 0 Å². The van der Waals surface area contributed by atoms with E-state index in [4.69, 9.17) is 0 Å². The number of carbonyl (C=O) groups excluding carboxylic acids is 3. The first-order valence-electron chi connectivity index (χ1n) is 11.2. The molecule has 0 saturated carbocycles. The predicted molar refractivity (Wildman–Crippen MR) is 120 cm³/mol. The summed E-state index contributed by atoms with van der Waals surface area (Å²) in [6.07, 6.45) is 1.00. The van der Waals surface area contributed by atoms with Crippen LogP contribution in [0.15, 0.2) is 48.5 Å². The largest absolute Gasteiger partial charge is 0.306 e. The molecule has 2 unspecified atom stereocenters. The van der Waals surface area contributed by atoms with Crippen molar-refractivity contribution in [1.82, 2.24) is 9.80 Å². The molecule has 1 fully saturated rings. The molecule has 7 heteroatoms. The summed E-state index contributed by atoms with van der Waals surface area (Å²) in [4.78, 5) is 43.1. The number of carbonyl (C=O) groups is 3. The second-order valence-corrected chi connectivity index (χ2v) is 8.51. The molecule has 32 heavy (non-hydrogen) atoms. The minimum atomic E-state index is -0.394. The lowest BCUT2D eigenvalue weighted by atomic mass is 9.91. The number of imide groups is 1. The zero-order valence-electron chi connectivity index (χ0n) is 18.5. The maximum atomic E-state index is 14.5. The quantitative estimate of drug-likeness (QED) is 0.649. The lowest BCUT2D eigenvalue weighted by Gasteiger charge is -2.43. The van der Waals surface area contributed by atoms with Crippen molar-refractivity contribution in [2.45, 2.75) is 32.7 Å². The Morgan fingerprint density at radius 2 is 1.66 bits per heavy atom. The number of rotatable bonds is 6. The number of fused-ring (bicyclic) bond motifs is 1. The summed E-state index contributed by atoms with van der Waals surface area (Å²) in [5, 5.41) is 0. The van der Waals surface area contributed by atoms with E-state index in [2.05, 4.69) is 11.8 Å². The van der Waals surface area contributed by atoms with Crippen LogP contribution in [-0.4, -0.2) is 59.7 Å². The molecular weight excluding hydrogens is 409 g/mol. The molecule has 0 N–H and O–H groups in total. The lowest BCUT2D eigenvalue weighted by Crippen LogP contribution is -2.53. The van der Waals surface area contributed by atoms with Crippen LogP contribution in [0.3, 0.4) is 0 Å². The number of amides is 3. The Hall–Kier alpha value is -3.06. The number of hydrogen-bond donors (Lipinski definition) is 0. The molecule has 2 atom stereocenters. The zero-order chi connectivity index (χ0) is 22.8. The Kier molecular flexibility index (Phi) is 6.37. The Morgan fingerprint density at radius 1 is 1.03 bits per heavy atom. The number of hydrogen-bond acceptors (Lipinski definition) is 4. The maximum absolute atomic E-state index is 14.5. The third kappa shape index (κ3) is 4.05. The molecular formula is C25H28FN3O3. The van der Waals surface area contributed by atoms with Gasteiger partial charge in [-0.25, -0.2) is 4.39 Å². The van der Waals surface area contributed by atoms with Gasteiger partial charge in [-0.15, -0.1) is 0 Å². The molecule has 2 aliphatic heterocycles. The normalized spacial score (nSPS) is 21.0. The molecule has 2 aliphatic rings. The van der Waals surface area contributed by atoms with Crippen molar-refractivity contribution in [3.05, 3.63) is 65.5 Å². The van der Waals surface area contributed by atoms with E-state index < -0.39 is 5.82 Å². The minimum absolute atomic E-state index is 0.0913. The minimum Gasteiger partial charge on any atom is -0.306 e. The zero-order valence-corrected chi connectivity index (χ0v) is 18.5. The summed E-state index contributed by atoms with van der Waals surface area (Å²) in [6.45, 7) is 6.17. The van der Waals surface area contributed by atoms with Gasteiger partial charge in [-0.1, -0.05) is 38.1 Å². The molecule has 2 aromatic carbocycles. The molecule has 0 radical (unpaired) electrons. The molecule has 6 nitrogen and oxygen atoms in total. The van der Waals surface area contributed by atoms with Crippen LogP contribution in [0.5, 0.6) is 0 Å². The maximum Gasteiger partial charge on any atom is 0.261 e. The average Bonchev–Trinajstić information content (AvgIpc) is 3.04. The van der Waals surface area contributed by atoms with Gasteiger partial charge < -0.3 is 9.80 Å². The molecule has 0 aromatic heterocycles. The van der Waals surface area contributed by atoms with Crippen molar-refractivity contribution in [2.24, 2.45) is 5.92 Å². The molecule has 168 valence electrons. The number of nitrogens with zero attached hydrogens (tertiary/aromatic N) is 3. The molecule has 1 saturated heterocycles. The Bertz CT molecular complexity index is 1010. The number of para-hydroxylation sites is 1. The molecule has 0 spiro atoms. The van der Waals surface area contributed by atoms with E-state index in [9.17, 15) is 18.8 Å². The van der Waals surface area contributed by atoms with Crippen LogP contribution < -0.4 is 4.90 Å². The van der Waals surface area contributed by atoms with Gasteiger partial charge in [0, 0.05) is 38.6 Å². The van der Waals surface area contributed by atoms with Gasteiger partial charge in [0.1, 0.15) is 5.82 Å². The fourth-order valence-electron chi connectivity index (χ4n) is 4.81. The second-order valence-electron chi connectivity index (χ2n) is 8.51. The number of likely N-dealkylation sites (tertiary alicyclic amines) is 1. The number of benzene rings is 2. The van der Waals surface area contributed by atoms with Crippen LogP contribution in [0.2, 0.25) is 0 Å². The second kappa shape index (κ2) is 9.20. The summed E-state index contributed by atoms with van der Waals surface area (Å²) < 4.78 is 14.5. The topological polar surface area (TPSA) is 60.9 Å². The van der Waals surface area contributed by atoms with Crippen molar-refractivity contribution in [3.8, 4) is 0 Å². The summed E-state index contributed by atoms with van der Waals surface area (Å²) in [5.41, 5.74) is 1.25. The highest BCUT2D eigenvalue weighted by atomic mass is 19.1. The first-order chi connectivity index (χ1) is 15.4. The Balaban J connectivity index is 1.41. The molecule has 2 aromatic rings. The summed E-state index contributed by atoms with van der Waals surface area (Å²) in [7, 11) is 0. The highest BCUT2D eigenvalue weighted by Crippen LogP contribution is 2.30. The van der Waals surface area contributed by atoms with E-state index >= 15 is 0 Å². The van der Waals surface area contributed by atoms with Crippen molar-refractivity contribution in [3.63, 3.8) is 0 Å². The monoisotopic (exact) mass is 437 g/mol. The van der Waals surface area contributed by atoms with Gasteiger partial charge in [-0.3, -0.25) is 19.3 Å². The van der Waals surface area contributed by atoms with Crippen molar-refractivity contribution in [1.29, 1.82) is 0 Å². The van der Waals surface area contributed by atoms with Gasteiger partial charge in [0.25, 0.3) is 11.8 Å². The van der Waals surface area contributed by atoms with Crippen LogP contribution >= 0.6 is 0 Å². The predicted octanol–water partition coefficient (Wildman–Crippen LogP) is 3.58. The first kappa shape index (κ1) is 22.1. The first-order valence-corrected chi connectivity index (χ1v) is 11.2.